The quantitative estimate of drug-likeness (QED) is 0.368. The molecule has 0 saturated carbocycles. The molecule has 192 valence electrons. The predicted molar refractivity (Wildman–Crippen MR) is 118 cm³/mol. The second-order valence-corrected chi connectivity index (χ2v) is 11.0. The molecular weight excluding hydrogens is 600 g/mol. The Kier molecular flexibility index (Phi) is 10.8. The number of alkyl halides is 4. The van der Waals surface area contributed by atoms with Gasteiger partial charge in [0.25, 0.3) is 5.91 Å². The van der Waals surface area contributed by atoms with Crippen molar-refractivity contribution in [3.63, 3.8) is 0 Å². The van der Waals surface area contributed by atoms with Gasteiger partial charge in [-0.3, -0.25) is 4.79 Å². The van der Waals surface area contributed by atoms with E-state index in [0.717, 1.165) is 12.1 Å². The van der Waals surface area contributed by atoms with Crippen LogP contribution < -0.4 is 61.2 Å². The van der Waals surface area contributed by atoms with Crippen molar-refractivity contribution >= 4 is 56.4 Å². The normalized spacial score (nSPS) is 15.9. The first-order valence-corrected chi connectivity index (χ1v) is 12.9. The molecule has 0 aliphatic carbocycles. The molecule has 0 unspecified atom stereocenters. The SMILES string of the molecule is C[C@H](NS(=O)(=O)c1ccc(-c2sc(C(=O)[O-])nc2C(=O)N2CCC(F)CC2)c(Cl)c1Cl)C(F)(F)F.[K+]. The summed E-state index contributed by atoms with van der Waals surface area (Å²) in [5.41, 5.74) is -0.419. The number of halogens is 6. The van der Waals surface area contributed by atoms with Gasteiger partial charge in [0.1, 0.15) is 33.8 Å². The van der Waals surface area contributed by atoms with E-state index in [1.165, 1.54) is 9.62 Å². The minimum absolute atomic E-state index is 0. The topological polar surface area (TPSA) is 119 Å². The van der Waals surface area contributed by atoms with Gasteiger partial charge >= 0.3 is 57.6 Å². The number of amides is 1. The molecule has 1 aliphatic heterocycles. The monoisotopic (exact) mass is 615 g/mol. The molecule has 3 rings (SSSR count). The zero-order valence-corrected chi connectivity index (χ0v) is 24.9. The van der Waals surface area contributed by atoms with Crippen molar-refractivity contribution in [2.24, 2.45) is 0 Å². The van der Waals surface area contributed by atoms with Crippen LogP contribution in [0.15, 0.2) is 17.0 Å². The summed E-state index contributed by atoms with van der Waals surface area (Å²) in [5, 5.41) is 9.70. The Balaban J connectivity index is 0.00000456. The number of carboxylic acid groups (broad SMARTS) is 1. The fourth-order valence-corrected chi connectivity index (χ4v) is 6.29. The van der Waals surface area contributed by atoms with Crippen molar-refractivity contribution in [3.05, 3.63) is 32.9 Å². The molecular formula is C19H16Cl2F4KN3O5S2. The van der Waals surface area contributed by atoms with Crippen LogP contribution in [0.3, 0.4) is 0 Å². The van der Waals surface area contributed by atoms with Crippen LogP contribution in [0.4, 0.5) is 17.6 Å². The van der Waals surface area contributed by atoms with Gasteiger partial charge < -0.3 is 14.8 Å². The number of hydrogen-bond acceptors (Lipinski definition) is 7. The van der Waals surface area contributed by atoms with Crippen LogP contribution in [0.25, 0.3) is 10.4 Å². The number of nitrogens with zero attached hydrogens (tertiary/aromatic N) is 2. The number of thiazole rings is 1. The Morgan fingerprint density at radius 1 is 1.22 bits per heavy atom. The van der Waals surface area contributed by atoms with E-state index in [1.54, 1.807) is 0 Å². The van der Waals surface area contributed by atoms with Gasteiger partial charge in [0.2, 0.25) is 10.0 Å². The van der Waals surface area contributed by atoms with E-state index in [9.17, 15) is 40.7 Å². The van der Waals surface area contributed by atoms with Crippen LogP contribution in [0.5, 0.6) is 0 Å². The minimum Gasteiger partial charge on any atom is -0.542 e. The maximum Gasteiger partial charge on any atom is 1.00 e. The van der Waals surface area contributed by atoms with Crippen LogP contribution in [0.1, 0.15) is 40.1 Å². The van der Waals surface area contributed by atoms with Crippen molar-refractivity contribution in [2.75, 3.05) is 13.1 Å². The number of nitrogens with one attached hydrogen (secondary N) is 1. The number of aromatic carboxylic acids is 1. The Bertz CT molecular complexity index is 1270. The smallest absolute Gasteiger partial charge is 0.542 e. The molecule has 0 radical (unpaired) electrons. The van der Waals surface area contributed by atoms with Gasteiger partial charge in [-0.05, 0) is 25.8 Å². The third-order valence-electron chi connectivity index (χ3n) is 5.12. The van der Waals surface area contributed by atoms with E-state index >= 15 is 0 Å². The first kappa shape index (κ1) is 31.9. The molecule has 1 saturated heterocycles. The summed E-state index contributed by atoms with van der Waals surface area (Å²) in [4.78, 5) is 28.7. The van der Waals surface area contributed by atoms with E-state index in [4.69, 9.17) is 23.2 Å². The number of piperidine rings is 1. The molecule has 1 amide bonds. The predicted octanol–water partition coefficient (Wildman–Crippen LogP) is 0.288. The number of carbonyl (C=O) groups excluding carboxylic acids is 2. The summed E-state index contributed by atoms with van der Waals surface area (Å²) in [7, 11) is -4.77. The number of sulfonamides is 1. The third-order valence-corrected chi connectivity index (χ3v) is 8.77. The standard InChI is InChI=1S/C19H17Cl2F4N3O5S2.K/c1-8(19(23,24)25)27-35(32,33)11-3-2-10(12(20)13(11)21)15-14(26-16(34-15)18(30)31)17(29)28-6-4-9(22)5-7-28;/h2-3,8-9,27H,4-7H2,1H3,(H,30,31);/q;+1/p-1/t8-;/m0./s1. The number of likely N-dealkylation sites (tertiary alicyclic amines) is 1. The van der Waals surface area contributed by atoms with Crippen molar-refractivity contribution in [1.29, 1.82) is 0 Å². The van der Waals surface area contributed by atoms with Crippen molar-refractivity contribution in [3.8, 4) is 10.4 Å². The van der Waals surface area contributed by atoms with Gasteiger partial charge in [-0.15, -0.1) is 11.3 Å². The Morgan fingerprint density at radius 2 is 1.81 bits per heavy atom. The molecule has 1 fully saturated rings. The minimum atomic E-state index is -4.86. The van der Waals surface area contributed by atoms with Crippen LogP contribution >= 0.6 is 34.5 Å². The molecule has 1 aromatic heterocycles. The number of rotatable bonds is 6. The summed E-state index contributed by atoms with van der Waals surface area (Å²) in [6.45, 7) is 0.725. The molecule has 1 aromatic carbocycles. The van der Waals surface area contributed by atoms with Crippen LogP contribution in [-0.2, 0) is 10.0 Å². The number of carbonyl (C=O) groups is 2. The number of carboxylic acids is 1. The Labute approximate surface area is 259 Å². The third kappa shape index (κ3) is 6.98. The van der Waals surface area contributed by atoms with Crippen LogP contribution in [0.2, 0.25) is 10.0 Å². The van der Waals surface area contributed by atoms with Crippen LogP contribution in [-0.4, -0.2) is 61.7 Å². The maximum absolute atomic E-state index is 13.5. The molecule has 0 bridgehead atoms. The largest absolute Gasteiger partial charge is 1.00 e. The van der Waals surface area contributed by atoms with Gasteiger partial charge in [0.15, 0.2) is 0 Å². The van der Waals surface area contributed by atoms with E-state index in [2.05, 4.69) is 4.98 Å². The summed E-state index contributed by atoms with van der Waals surface area (Å²) in [6.07, 6.45) is -5.77. The molecule has 1 aliphatic rings. The van der Waals surface area contributed by atoms with Gasteiger partial charge in [-0.1, -0.05) is 29.3 Å². The fraction of sp³-hybridized carbons (Fsp3) is 0.421. The van der Waals surface area contributed by atoms with Crippen molar-refractivity contribution in [1.82, 2.24) is 14.6 Å². The second kappa shape index (κ2) is 12.2. The van der Waals surface area contributed by atoms with E-state index < -0.39 is 60.2 Å². The first-order valence-electron chi connectivity index (χ1n) is 9.86. The zero-order chi connectivity index (χ0) is 26.3. The molecule has 17 heteroatoms. The first-order chi connectivity index (χ1) is 16.1. The van der Waals surface area contributed by atoms with Gasteiger partial charge in [0, 0.05) is 18.7 Å². The summed E-state index contributed by atoms with van der Waals surface area (Å²) >= 11 is 12.8. The number of aromatic nitrogens is 1. The molecule has 1 atom stereocenters. The Morgan fingerprint density at radius 3 is 2.33 bits per heavy atom. The molecule has 36 heavy (non-hydrogen) atoms. The number of benzene rings is 1. The van der Waals surface area contributed by atoms with E-state index in [0.29, 0.717) is 18.3 Å². The average Bonchev–Trinajstić information content (AvgIpc) is 3.20. The fourth-order valence-electron chi connectivity index (χ4n) is 3.21. The van der Waals surface area contributed by atoms with Crippen molar-refractivity contribution < 1.29 is 92.1 Å². The molecule has 2 aromatic rings. The average molecular weight is 616 g/mol. The van der Waals surface area contributed by atoms with Gasteiger partial charge in [0.05, 0.1) is 14.9 Å². The van der Waals surface area contributed by atoms with Crippen molar-refractivity contribution in [2.45, 2.75) is 43.1 Å². The summed E-state index contributed by atoms with van der Waals surface area (Å²) < 4.78 is 78.3. The second-order valence-electron chi connectivity index (χ2n) is 7.57. The summed E-state index contributed by atoms with van der Waals surface area (Å²) in [5.74, 6) is -2.40. The summed E-state index contributed by atoms with van der Waals surface area (Å²) in [6, 6.07) is -0.485. The van der Waals surface area contributed by atoms with Gasteiger partial charge in [-0.25, -0.2) is 17.8 Å². The van der Waals surface area contributed by atoms with Gasteiger partial charge in [-0.2, -0.15) is 17.9 Å². The van der Waals surface area contributed by atoms with Crippen LogP contribution in [0, 0.1) is 0 Å². The van der Waals surface area contributed by atoms with E-state index in [1.807, 2.05) is 0 Å². The molecule has 8 nitrogen and oxygen atoms in total. The molecule has 2 heterocycles. The molecule has 1 N–H and O–H groups in total. The molecule has 0 spiro atoms. The maximum atomic E-state index is 13.5. The van der Waals surface area contributed by atoms with E-state index in [-0.39, 0.29) is 93.5 Å². The Hall–Kier alpha value is -0.364. The number of hydrogen-bond donors (Lipinski definition) is 1. The zero-order valence-electron chi connectivity index (χ0n) is 18.7.